The summed E-state index contributed by atoms with van der Waals surface area (Å²) in [6.07, 6.45) is 0. The van der Waals surface area contributed by atoms with Crippen LogP contribution in [0.4, 0.5) is 34.1 Å². The van der Waals surface area contributed by atoms with Crippen molar-refractivity contribution in [1.82, 2.24) is 0 Å². The van der Waals surface area contributed by atoms with Crippen molar-refractivity contribution >= 4 is 143 Å². The summed E-state index contributed by atoms with van der Waals surface area (Å²) in [4.78, 5) is 5.12. The van der Waals surface area contributed by atoms with Gasteiger partial charge in [0.1, 0.15) is 0 Å². The summed E-state index contributed by atoms with van der Waals surface area (Å²) in [7, 11) is 0. The normalized spacial score (nSPS) is 13.1. The second-order valence-electron chi connectivity index (χ2n) is 18.0. The Kier molecular flexibility index (Phi) is 7.06. The van der Waals surface area contributed by atoms with Crippen molar-refractivity contribution in [2.75, 3.05) is 9.80 Å². The fourth-order valence-electron chi connectivity index (χ4n) is 11.9. The predicted molar refractivity (Wildman–Crippen MR) is 281 cm³/mol. The third-order valence-corrected chi connectivity index (χ3v) is 14.7. The van der Waals surface area contributed by atoms with Gasteiger partial charge in [-0.2, -0.15) is 0 Å². The summed E-state index contributed by atoms with van der Waals surface area (Å²) < 4.78 is 0. The summed E-state index contributed by atoms with van der Waals surface area (Å²) >= 11 is 0. The summed E-state index contributed by atoms with van der Waals surface area (Å²) in [5.41, 5.74) is 11.1. The molecule has 65 heavy (non-hydrogen) atoms. The zero-order valence-corrected chi connectivity index (χ0v) is 35.3. The van der Waals surface area contributed by atoms with Crippen molar-refractivity contribution in [2.45, 2.75) is 0 Å². The van der Waals surface area contributed by atoms with Crippen molar-refractivity contribution in [3.05, 3.63) is 224 Å². The quantitative estimate of drug-likeness (QED) is 0.127. The molecular formula is C62H37BN2. The molecule has 3 heteroatoms. The van der Waals surface area contributed by atoms with E-state index in [1.807, 2.05) is 0 Å². The lowest BCUT2D eigenvalue weighted by Crippen LogP contribution is -2.61. The van der Waals surface area contributed by atoms with Gasteiger partial charge >= 0.3 is 0 Å². The topological polar surface area (TPSA) is 6.48 Å². The molecular weight excluding hydrogens is 784 g/mol. The van der Waals surface area contributed by atoms with E-state index in [0.717, 1.165) is 11.4 Å². The van der Waals surface area contributed by atoms with E-state index >= 15 is 0 Å². The summed E-state index contributed by atoms with van der Waals surface area (Å²) in [6.45, 7) is 0.00312. The number of fused-ring (bicyclic) bond motifs is 18. The van der Waals surface area contributed by atoms with Gasteiger partial charge in [-0.3, -0.25) is 0 Å². The van der Waals surface area contributed by atoms with Crippen LogP contribution in [0.2, 0.25) is 0 Å². The van der Waals surface area contributed by atoms with Crippen molar-refractivity contribution in [3.63, 3.8) is 0 Å². The van der Waals surface area contributed by atoms with Crippen LogP contribution in [0.25, 0.3) is 86.2 Å². The highest BCUT2D eigenvalue weighted by Gasteiger charge is 2.43. The average molecular weight is 821 g/mol. The van der Waals surface area contributed by atoms with E-state index < -0.39 is 0 Å². The molecule has 0 saturated heterocycles. The van der Waals surface area contributed by atoms with Gasteiger partial charge in [0.25, 0.3) is 6.71 Å². The molecule has 0 N–H and O–H groups in total. The molecule has 0 radical (unpaired) electrons. The maximum Gasteiger partial charge on any atom is 0.252 e. The van der Waals surface area contributed by atoms with Crippen LogP contribution in [0, 0.1) is 0 Å². The van der Waals surface area contributed by atoms with Gasteiger partial charge in [0.05, 0.1) is 0 Å². The van der Waals surface area contributed by atoms with Crippen LogP contribution >= 0.6 is 0 Å². The van der Waals surface area contributed by atoms with Gasteiger partial charge in [-0.05, 0) is 151 Å². The van der Waals surface area contributed by atoms with E-state index in [1.54, 1.807) is 0 Å². The van der Waals surface area contributed by atoms with Gasteiger partial charge in [0, 0.05) is 34.1 Å². The van der Waals surface area contributed by atoms with Crippen molar-refractivity contribution in [1.29, 1.82) is 0 Å². The SMILES string of the molecule is c1cc2c3c(c1)N(c1ccc4c5ccccc5c5ccccc5c4c1)c1cc4ccccc4cc1B3c1cc3ccccc3cc1N2c1ccc2c3ccccc3c3ccccc3c2c1. The Labute approximate surface area is 375 Å². The summed E-state index contributed by atoms with van der Waals surface area (Å²) in [6, 6.07) is 84.4. The molecule has 0 aromatic heterocycles. The molecule has 2 aliphatic rings. The van der Waals surface area contributed by atoms with Crippen LogP contribution in [-0.2, 0) is 0 Å². The third kappa shape index (κ3) is 4.84. The Morgan fingerprint density at radius 2 is 0.538 bits per heavy atom. The van der Waals surface area contributed by atoms with E-state index in [9.17, 15) is 0 Å². The molecule has 0 saturated carbocycles. The highest BCUT2D eigenvalue weighted by atomic mass is 15.2. The average Bonchev–Trinajstić information content (AvgIpc) is 3.37. The number of hydrogen-bond acceptors (Lipinski definition) is 2. The van der Waals surface area contributed by atoms with E-state index in [1.165, 1.54) is 125 Å². The van der Waals surface area contributed by atoms with Crippen LogP contribution in [0.1, 0.15) is 0 Å². The molecule has 15 rings (SSSR count). The van der Waals surface area contributed by atoms with Crippen LogP contribution in [0.15, 0.2) is 224 Å². The lowest BCUT2D eigenvalue weighted by Gasteiger charge is -2.44. The Morgan fingerprint density at radius 3 is 0.908 bits per heavy atom. The second kappa shape index (κ2) is 13.1. The highest BCUT2D eigenvalue weighted by Crippen LogP contribution is 2.48. The van der Waals surface area contributed by atoms with Gasteiger partial charge in [-0.15, -0.1) is 0 Å². The zero-order valence-electron chi connectivity index (χ0n) is 35.3. The van der Waals surface area contributed by atoms with E-state index in [0.29, 0.717) is 0 Å². The number of nitrogens with zero attached hydrogens (tertiary/aromatic N) is 2. The Morgan fingerprint density at radius 1 is 0.231 bits per heavy atom. The van der Waals surface area contributed by atoms with Gasteiger partial charge in [-0.1, -0.05) is 176 Å². The minimum absolute atomic E-state index is 0.00312. The Bertz CT molecular complexity index is 3890. The number of benzene rings is 13. The maximum absolute atomic E-state index is 2.56. The van der Waals surface area contributed by atoms with Gasteiger partial charge in [0.2, 0.25) is 0 Å². The van der Waals surface area contributed by atoms with Crippen LogP contribution in [0.3, 0.4) is 0 Å². The molecule has 13 aromatic carbocycles. The molecule has 0 spiro atoms. The maximum atomic E-state index is 2.56. The van der Waals surface area contributed by atoms with Crippen LogP contribution < -0.4 is 26.2 Å². The zero-order chi connectivity index (χ0) is 42.3. The van der Waals surface area contributed by atoms with E-state index in [4.69, 9.17) is 0 Å². The molecule has 0 aliphatic carbocycles. The number of rotatable bonds is 2. The van der Waals surface area contributed by atoms with Crippen LogP contribution in [-0.4, -0.2) is 6.71 Å². The van der Waals surface area contributed by atoms with Crippen molar-refractivity contribution in [3.8, 4) is 0 Å². The van der Waals surface area contributed by atoms with Crippen molar-refractivity contribution < 1.29 is 0 Å². The molecule has 0 amide bonds. The molecule has 2 aliphatic heterocycles. The first-order valence-electron chi connectivity index (χ1n) is 22.7. The molecule has 0 bridgehead atoms. The largest absolute Gasteiger partial charge is 0.311 e. The molecule has 13 aromatic rings. The number of anilines is 6. The monoisotopic (exact) mass is 820 g/mol. The Balaban J connectivity index is 1.04. The Hall–Kier alpha value is -8.40. The lowest BCUT2D eigenvalue weighted by molar-refractivity contribution is 1.26. The standard InChI is InChI=1S/C62H37BN2/c1-3-16-40-34-60-56(32-38(40)14-1)63-57-33-39-15-2-4-17-41(39)35-61(57)65(43-29-31-53-49-23-8-6-19-45(49)47-21-10-12-25-51(47)55(53)37-43)59-27-13-26-58(62(59)63)64(60)42-28-30-52-48-22-7-5-18-44(48)46-20-9-11-24-50(46)54(52)36-42/h1-37H. The first-order valence-corrected chi connectivity index (χ1v) is 22.7. The minimum atomic E-state index is 0.00312. The fraction of sp³-hybridized carbons (Fsp3) is 0. The first-order chi connectivity index (χ1) is 32.2. The molecule has 2 heterocycles. The highest BCUT2D eigenvalue weighted by molar-refractivity contribution is 7.00. The smallest absolute Gasteiger partial charge is 0.252 e. The van der Waals surface area contributed by atoms with E-state index in [2.05, 4.69) is 234 Å². The summed E-state index contributed by atoms with van der Waals surface area (Å²) in [5.74, 6) is 0. The molecule has 298 valence electrons. The lowest BCUT2D eigenvalue weighted by atomic mass is 9.33. The molecule has 0 atom stereocenters. The van der Waals surface area contributed by atoms with Gasteiger partial charge < -0.3 is 9.80 Å². The van der Waals surface area contributed by atoms with Crippen LogP contribution in [0.5, 0.6) is 0 Å². The van der Waals surface area contributed by atoms with E-state index in [-0.39, 0.29) is 6.71 Å². The first kappa shape index (κ1) is 35.1. The third-order valence-electron chi connectivity index (χ3n) is 14.7. The van der Waals surface area contributed by atoms with Crippen molar-refractivity contribution in [2.24, 2.45) is 0 Å². The molecule has 0 unspecified atom stereocenters. The minimum Gasteiger partial charge on any atom is -0.311 e. The fourth-order valence-corrected chi connectivity index (χ4v) is 11.9. The number of hydrogen-bond donors (Lipinski definition) is 0. The van der Waals surface area contributed by atoms with Gasteiger partial charge in [0.15, 0.2) is 0 Å². The second-order valence-corrected chi connectivity index (χ2v) is 18.0. The summed E-state index contributed by atoms with van der Waals surface area (Å²) in [5, 5.41) is 20.3. The van der Waals surface area contributed by atoms with Gasteiger partial charge in [-0.25, -0.2) is 0 Å². The predicted octanol–water partition coefficient (Wildman–Crippen LogP) is 15.0. The molecule has 0 fully saturated rings. The molecule has 2 nitrogen and oxygen atoms in total.